The van der Waals surface area contributed by atoms with Crippen LogP contribution in [0.25, 0.3) is 0 Å². The molecule has 10 heteroatoms. The van der Waals surface area contributed by atoms with E-state index in [1.54, 1.807) is 12.1 Å². The number of nitrogens with one attached hydrogen (secondary N) is 1. The number of anilines is 1. The second kappa shape index (κ2) is 9.78. The first kappa shape index (κ1) is 23.2. The Labute approximate surface area is 186 Å². The quantitative estimate of drug-likeness (QED) is 0.657. The van der Waals surface area contributed by atoms with E-state index in [-0.39, 0.29) is 28.6 Å². The number of benzene rings is 2. The van der Waals surface area contributed by atoms with Crippen LogP contribution in [0.4, 0.5) is 5.69 Å². The predicted molar refractivity (Wildman–Crippen MR) is 116 cm³/mol. The predicted octanol–water partition coefficient (Wildman–Crippen LogP) is 2.85. The molecule has 2 aromatic carbocycles. The summed E-state index contributed by atoms with van der Waals surface area (Å²) in [4.78, 5) is 24.9. The smallest absolute Gasteiger partial charge is 0.340 e. The van der Waals surface area contributed by atoms with Crippen molar-refractivity contribution >= 4 is 39.2 Å². The minimum Gasteiger partial charge on any atom is -0.449 e. The van der Waals surface area contributed by atoms with E-state index in [0.717, 1.165) is 5.56 Å². The number of aryl methyl sites for hydroxylation is 1. The third-order valence-electron chi connectivity index (χ3n) is 4.74. The highest BCUT2D eigenvalue weighted by Gasteiger charge is 2.28. The number of rotatable bonds is 6. The molecule has 1 N–H and O–H groups in total. The summed E-state index contributed by atoms with van der Waals surface area (Å²) in [6, 6.07) is 11.0. The van der Waals surface area contributed by atoms with E-state index < -0.39 is 28.0 Å². The van der Waals surface area contributed by atoms with Crippen molar-refractivity contribution in [2.75, 3.05) is 31.6 Å². The molecule has 0 aliphatic carbocycles. The molecule has 2 aromatic rings. The highest BCUT2D eigenvalue weighted by atomic mass is 35.5. The summed E-state index contributed by atoms with van der Waals surface area (Å²) in [5, 5.41) is 2.68. The first-order valence-electron chi connectivity index (χ1n) is 9.64. The summed E-state index contributed by atoms with van der Waals surface area (Å²) < 4.78 is 37.4. The lowest BCUT2D eigenvalue weighted by molar-refractivity contribution is -0.123. The van der Waals surface area contributed by atoms with Crippen LogP contribution in [0, 0.1) is 6.92 Å². The molecule has 1 atom stereocenters. The minimum absolute atomic E-state index is 0.0251. The first-order chi connectivity index (χ1) is 14.7. The van der Waals surface area contributed by atoms with Crippen molar-refractivity contribution in [3.05, 3.63) is 58.6 Å². The molecule has 0 radical (unpaired) electrons. The number of hydrogen-bond donors (Lipinski definition) is 1. The summed E-state index contributed by atoms with van der Waals surface area (Å²) in [6.07, 6.45) is -1.12. The SMILES string of the molecule is Cc1ccc(NC(=O)[C@@H](C)OC(=O)c2cc(S(=O)(=O)N3CCOCC3)ccc2Cl)cc1. The van der Waals surface area contributed by atoms with Crippen molar-refractivity contribution in [1.29, 1.82) is 0 Å². The van der Waals surface area contributed by atoms with Crippen molar-refractivity contribution < 1.29 is 27.5 Å². The van der Waals surface area contributed by atoms with Gasteiger partial charge in [0.25, 0.3) is 5.91 Å². The van der Waals surface area contributed by atoms with Gasteiger partial charge in [-0.2, -0.15) is 4.31 Å². The molecule has 3 rings (SSSR count). The highest BCUT2D eigenvalue weighted by Crippen LogP contribution is 2.24. The van der Waals surface area contributed by atoms with E-state index in [0.29, 0.717) is 18.9 Å². The zero-order valence-electron chi connectivity index (χ0n) is 17.1. The fraction of sp³-hybridized carbons (Fsp3) is 0.333. The number of ether oxygens (including phenoxy) is 2. The maximum Gasteiger partial charge on any atom is 0.340 e. The minimum atomic E-state index is -3.82. The lowest BCUT2D eigenvalue weighted by atomic mass is 10.2. The van der Waals surface area contributed by atoms with Gasteiger partial charge in [-0.15, -0.1) is 0 Å². The van der Waals surface area contributed by atoms with Crippen LogP contribution in [0.15, 0.2) is 47.4 Å². The summed E-state index contributed by atoms with van der Waals surface area (Å²) in [7, 11) is -3.82. The van der Waals surface area contributed by atoms with E-state index in [2.05, 4.69) is 5.32 Å². The van der Waals surface area contributed by atoms with Gasteiger partial charge in [0.1, 0.15) is 0 Å². The van der Waals surface area contributed by atoms with E-state index in [9.17, 15) is 18.0 Å². The number of esters is 1. The zero-order valence-corrected chi connectivity index (χ0v) is 18.7. The number of morpholine rings is 1. The van der Waals surface area contributed by atoms with Crippen LogP contribution >= 0.6 is 11.6 Å². The largest absolute Gasteiger partial charge is 0.449 e. The average molecular weight is 467 g/mol. The van der Waals surface area contributed by atoms with Crippen molar-refractivity contribution in [3.8, 4) is 0 Å². The van der Waals surface area contributed by atoms with Crippen LogP contribution in [0.3, 0.4) is 0 Å². The molecule has 0 spiro atoms. The molecule has 31 heavy (non-hydrogen) atoms. The Kier molecular flexibility index (Phi) is 7.32. The molecule has 1 aliphatic rings. The van der Waals surface area contributed by atoms with Gasteiger partial charge in [-0.25, -0.2) is 13.2 Å². The van der Waals surface area contributed by atoms with Gasteiger partial charge in [0, 0.05) is 18.8 Å². The fourth-order valence-electron chi connectivity index (χ4n) is 2.92. The van der Waals surface area contributed by atoms with Gasteiger partial charge in [-0.3, -0.25) is 4.79 Å². The molecule has 166 valence electrons. The monoisotopic (exact) mass is 466 g/mol. The van der Waals surface area contributed by atoms with Crippen LogP contribution in [-0.4, -0.2) is 57.0 Å². The van der Waals surface area contributed by atoms with E-state index in [1.807, 2.05) is 19.1 Å². The van der Waals surface area contributed by atoms with Crippen molar-refractivity contribution in [2.45, 2.75) is 24.8 Å². The number of hydrogen-bond acceptors (Lipinski definition) is 6. The zero-order chi connectivity index (χ0) is 22.6. The molecule has 0 unspecified atom stereocenters. The van der Waals surface area contributed by atoms with Crippen LogP contribution in [0.1, 0.15) is 22.8 Å². The van der Waals surface area contributed by atoms with E-state index in [1.165, 1.54) is 29.4 Å². The first-order valence-corrected chi connectivity index (χ1v) is 11.5. The molecular formula is C21H23ClN2O6S. The van der Waals surface area contributed by atoms with Crippen LogP contribution < -0.4 is 5.32 Å². The molecule has 1 aliphatic heterocycles. The van der Waals surface area contributed by atoms with Crippen LogP contribution in [-0.2, 0) is 24.3 Å². The molecule has 8 nitrogen and oxygen atoms in total. The normalized spacial score (nSPS) is 15.8. The number of carbonyl (C=O) groups is 2. The Morgan fingerprint density at radius 3 is 2.42 bits per heavy atom. The van der Waals surface area contributed by atoms with Crippen molar-refractivity contribution in [3.63, 3.8) is 0 Å². The van der Waals surface area contributed by atoms with Gasteiger partial charge in [0.05, 0.1) is 28.7 Å². The van der Waals surface area contributed by atoms with Gasteiger partial charge in [-0.1, -0.05) is 29.3 Å². The molecule has 1 fully saturated rings. The summed E-state index contributed by atoms with van der Waals surface area (Å²) in [6.45, 7) is 4.39. The molecular weight excluding hydrogens is 444 g/mol. The van der Waals surface area contributed by atoms with Gasteiger partial charge >= 0.3 is 5.97 Å². The highest BCUT2D eigenvalue weighted by molar-refractivity contribution is 7.89. The van der Waals surface area contributed by atoms with Gasteiger partial charge in [0.15, 0.2) is 6.10 Å². The molecule has 0 aromatic heterocycles. The maximum absolute atomic E-state index is 12.8. The lowest BCUT2D eigenvalue weighted by Gasteiger charge is -2.26. The Morgan fingerprint density at radius 2 is 1.77 bits per heavy atom. The standard InChI is InChI=1S/C21H23ClN2O6S/c1-14-3-5-16(6-4-14)23-20(25)15(2)30-21(26)18-13-17(7-8-19(18)22)31(27,28)24-9-11-29-12-10-24/h3-8,13,15H,9-12H2,1-2H3,(H,23,25)/t15-/m1/s1. The Balaban J connectivity index is 1.72. The van der Waals surface area contributed by atoms with Crippen molar-refractivity contribution in [1.82, 2.24) is 4.31 Å². The van der Waals surface area contributed by atoms with Gasteiger partial charge in [0.2, 0.25) is 10.0 Å². The maximum atomic E-state index is 12.8. The van der Waals surface area contributed by atoms with Crippen LogP contribution in [0.5, 0.6) is 0 Å². The number of halogens is 1. The topological polar surface area (TPSA) is 102 Å². The Hall–Kier alpha value is -2.46. The van der Waals surface area contributed by atoms with Gasteiger partial charge in [-0.05, 0) is 44.2 Å². The Morgan fingerprint density at radius 1 is 1.13 bits per heavy atom. The number of sulfonamides is 1. The molecule has 0 saturated carbocycles. The third kappa shape index (κ3) is 5.62. The summed E-state index contributed by atoms with van der Waals surface area (Å²) in [5.41, 5.74) is 1.47. The summed E-state index contributed by atoms with van der Waals surface area (Å²) in [5.74, 6) is -1.42. The van der Waals surface area contributed by atoms with Gasteiger partial charge < -0.3 is 14.8 Å². The number of amides is 1. The summed E-state index contributed by atoms with van der Waals surface area (Å²) >= 11 is 6.10. The molecule has 1 saturated heterocycles. The van der Waals surface area contributed by atoms with E-state index >= 15 is 0 Å². The lowest BCUT2D eigenvalue weighted by Crippen LogP contribution is -2.40. The third-order valence-corrected chi connectivity index (χ3v) is 6.96. The second-order valence-corrected chi connectivity index (χ2v) is 9.41. The van der Waals surface area contributed by atoms with E-state index in [4.69, 9.17) is 21.1 Å². The number of nitrogens with zero attached hydrogens (tertiary/aromatic N) is 1. The Bertz CT molecular complexity index is 1070. The number of carbonyl (C=O) groups excluding carboxylic acids is 2. The molecule has 0 bridgehead atoms. The fourth-order valence-corrected chi connectivity index (χ4v) is 4.55. The van der Waals surface area contributed by atoms with Crippen LogP contribution in [0.2, 0.25) is 5.02 Å². The average Bonchev–Trinajstić information content (AvgIpc) is 2.76. The van der Waals surface area contributed by atoms with Crippen molar-refractivity contribution in [2.24, 2.45) is 0 Å². The molecule has 1 heterocycles. The molecule has 1 amide bonds. The second-order valence-electron chi connectivity index (χ2n) is 7.06.